The molecule has 0 fully saturated rings. The van der Waals surface area contributed by atoms with E-state index in [-0.39, 0.29) is 11.1 Å². The van der Waals surface area contributed by atoms with E-state index in [2.05, 4.69) is 88.6 Å². The molecule has 1 atom stereocenters. The normalized spacial score (nSPS) is 14.2. The summed E-state index contributed by atoms with van der Waals surface area (Å²) in [6.45, 7) is 15.6. The Morgan fingerprint density at radius 3 is 2.42 bits per heavy atom. The third-order valence-electron chi connectivity index (χ3n) is 4.87. The van der Waals surface area contributed by atoms with Gasteiger partial charge < -0.3 is 9.74 Å². The van der Waals surface area contributed by atoms with Gasteiger partial charge in [-0.1, -0.05) is 63.3 Å². The van der Waals surface area contributed by atoms with Crippen LogP contribution in [0.5, 0.6) is 0 Å². The van der Waals surface area contributed by atoms with Gasteiger partial charge in [0.1, 0.15) is 0 Å². The highest BCUT2D eigenvalue weighted by molar-refractivity contribution is 6.74. The molecule has 1 unspecified atom stereocenters. The topological polar surface area (TPSA) is 21.3 Å². The Labute approximate surface area is 150 Å². The summed E-state index contributed by atoms with van der Waals surface area (Å²) in [4.78, 5) is 0. The molecule has 0 radical (unpaired) electrons. The third-order valence-corrected chi connectivity index (χ3v) is 9.44. The molecule has 0 aliphatic rings. The number of hydrogen-bond acceptors (Lipinski definition) is 2. The van der Waals surface area contributed by atoms with Crippen LogP contribution in [0.2, 0.25) is 18.1 Å². The predicted octanol–water partition coefficient (Wildman–Crippen LogP) is 5.57. The summed E-state index contributed by atoms with van der Waals surface area (Å²) in [5.41, 5.74) is 1.44. The highest BCUT2D eigenvalue weighted by atomic mass is 28.4. The Kier molecular flexibility index (Phi) is 8.96. The van der Waals surface area contributed by atoms with Crippen molar-refractivity contribution in [1.82, 2.24) is 5.32 Å². The largest absolute Gasteiger partial charge is 0.411 e. The fourth-order valence-corrected chi connectivity index (χ4v) is 3.71. The standard InChI is InChI=1S/C21H37NOSi/c1-19(23-24(5,6)21(2,3)4)13-12-18-22-17-11-10-16-20-14-8-7-9-15-20/h7-9,12-15,19,22H,10-11,16-18H2,1-6H3/b13-12+. The van der Waals surface area contributed by atoms with E-state index in [1.165, 1.54) is 24.8 Å². The first kappa shape index (κ1) is 21.1. The molecule has 1 aromatic rings. The van der Waals surface area contributed by atoms with Gasteiger partial charge in [-0.15, -0.1) is 0 Å². The molecule has 0 heterocycles. The van der Waals surface area contributed by atoms with Gasteiger partial charge in [0.05, 0.1) is 6.10 Å². The zero-order valence-electron chi connectivity index (χ0n) is 16.6. The summed E-state index contributed by atoms with van der Waals surface area (Å²) in [5, 5.41) is 3.76. The Morgan fingerprint density at radius 2 is 1.79 bits per heavy atom. The second-order valence-electron chi connectivity index (χ2n) is 8.16. The highest BCUT2D eigenvalue weighted by Gasteiger charge is 2.37. The monoisotopic (exact) mass is 347 g/mol. The summed E-state index contributed by atoms with van der Waals surface area (Å²) in [6, 6.07) is 10.7. The van der Waals surface area contributed by atoms with Gasteiger partial charge >= 0.3 is 0 Å². The molecule has 2 nitrogen and oxygen atoms in total. The molecule has 1 N–H and O–H groups in total. The fraction of sp³-hybridized carbons (Fsp3) is 0.619. The first-order valence-electron chi connectivity index (χ1n) is 9.31. The average Bonchev–Trinajstić information content (AvgIpc) is 2.49. The minimum Gasteiger partial charge on any atom is -0.411 e. The molecule has 0 aliphatic heterocycles. The smallest absolute Gasteiger partial charge is 0.192 e. The minimum atomic E-state index is -1.66. The van der Waals surface area contributed by atoms with Gasteiger partial charge in [-0.2, -0.15) is 0 Å². The van der Waals surface area contributed by atoms with Crippen LogP contribution in [0.3, 0.4) is 0 Å². The Hall–Kier alpha value is -0.903. The van der Waals surface area contributed by atoms with Crippen molar-refractivity contribution in [3.8, 4) is 0 Å². The van der Waals surface area contributed by atoms with E-state index in [9.17, 15) is 0 Å². The van der Waals surface area contributed by atoms with E-state index in [1.54, 1.807) is 0 Å². The molecule has 24 heavy (non-hydrogen) atoms. The number of nitrogens with one attached hydrogen (secondary N) is 1. The molecular weight excluding hydrogens is 310 g/mol. The molecule has 0 spiro atoms. The quantitative estimate of drug-likeness (QED) is 0.339. The van der Waals surface area contributed by atoms with E-state index in [0.29, 0.717) is 0 Å². The Morgan fingerprint density at radius 1 is 1.12 bits per heavy atom. The maximum atomic E-state index is 6.32. The molecule has 0 bridgehead atoms. The van der Waals surface area contributed by atoms with E-state index in [4.69, 9.17) is 4.43 Å². The van der Waals surface area contributed by atoms with Crippen LogP contribution in [0.25, 0.3) is 0 Å². The number of benzene rings is 1. The van der Waals surface area contributed by atoms with Gasteiger partial charge in [0.15, 0.2) is 8.32 Å². The van der Waals surface area contributed by atoms with Crippen molar-refractivity contribution in [2.45, 2.75) is 71.2 Å². The van der Waals surface area contributed by atoms with Crippen molar-refractivity contribution in [2.24, 2.45) is 0 Å². The molecule has 136 valence electrons. The van der Waals surface area contributed by atoms with Crippen molar-refractivity contribution in [3.05, 3.63) is 48.0 Å². The zero-order valence-corrected chi connectivity index (χ0v) is 17.6. The van der Waals surface area contributed by atoms with Crippen LogP contribution in [-0.4, -0.2) is 27.5 Å². The van der Waals surface area contributed by atoms with Crippen molar-refractivity contribution >= 4 is 8.32 Å². The maximum Gasteiger partial charge on any atom is 0.192 e. The van der Waals surface area contributed by atoms with Gasteiger partial charge in [0, 0.05) is 6.54 Å². The van der Waals surface area contributed by atoms with Crippen molar-refractivity contribution in [2.75, 3.05) is 13.1 Å². The third kappa shape index (κ3) is 8.27. The second kappa shape index (κ2) is 10.2. The molecule has 0 saturated heterocycles. The molecule has 0 saturated carbocycles. The molecular formula is C21H37NOSi. The number of unbranched alkanes of at least 4 members (excludes halogenated alkanes) is 1. The lowest BCUT2D eigenvalue weighted by Crippen LogP contribution is -2.42. The van der Waals surface area contributed by atoms with Gasteiger partial charge in [-0.05, 0) is 56.4 Å². The van der Waals surface area contributed by atoms with E-state index < -0.39 is 8.32 Å². The molecule has 1 rings (SSSR count). The average molecular weight is 348 g/mol. The lowest BCUT2D eigenvalue weighted by atomic mass is 10.1. The van der Waals surface area contributed by atoms with E-state index in [1.807, 2.05) is 0 Å². The summed E-state index contributed by atoms with van der Waals surface area (Å²) in [7, 11) is -1.66. The number of hydrogen-bond donors (Lipinski definition) is 1. The lowest BCUT2D eigenvalue weighted by molar-refractivity contribution is 0.243. The first-order chi connectivity index (χ1) is 11.2. The van der Waals surface area contributed by atoms with Crippen molar-refractivity contribution < 1.29 is 4.43 Å². The summed E-state index contributed by atoms with van der Waals surface area (Å²) in [6.07, 6.45) is 8.23. The number of rotatable bonds is 10. The summed E-state index contributed by atoms with van der Waals surface area (Å²) < 4.78 is 6.32. The SMILES string of the molecule is CC(/C=C/CNCCCCc1ccccc1)O[Si](C)(C)C(C)(C)C. The van der Waals surface area contributed by atoms with Crippen LogP contribution in [-0.2, 0) is 10.8 Å². The maximum absolute atomic E-state index is 6.32. The van der Waals surface area contributed by atoms with Crippen molar-refractivity contribution in [1.29, 1.82) is 0 Å². The number of aryl methyl sites for hydroxylation is 1. The van der Waals surface area contributed by atoms with Crippen LogP contribution in [0.4, 0.5) is 0 Å². The summed E-state index contributed by atoms with van der Waals surface area (Å²) >= 11 is 0. The summed E-state index contributed by atoms with van der Waals surface area (Å²) in [5.74, 6) is 0. The van der Waals surface area contributed by atoms with E-state index >= 15 is 0 Å². The first-order valence-corrected chi connectivity index (χ1v) is 12.2. The Balaban J connectivity index is 2.11. The lowest BCUT2D eigenvalue weighted by Gasteiger charge is -2.37. The second-order valence-corrected chi connectivity index (χ2v) is 12.9. The van der Waals surface area contributed by atoms with E-state index in [0.717, 1.165) is 13.1 Å². The van der Waals surface area contributed by atoms with Gasteiger partial charge in [-0.3, -0.25) is 0 Å². The van der Waals surface area contributed by atoms with Crippen LogP contribution < -0.4 is 5.32 Å². The molecule has 0 aromatic heterocycles. The predicted molar refractivity (Wildman–Crippen MR) is 109 cm³/mol. The zero-order chi connectivity index (χ0) is 18.1. The van der Waals surface area contributed by atoms with Gasteiger partial charge in [0.25, 0.3) is 0 Å². The van der Waals surface area contributed by atoms with Gasteiger partial charge in [0.2, 0.25) is 0 Å². The van der Waals surface area contributed by atoms with Gasteiger partial charge in [-0.25, -0.2) is 0 Å². The van der Waals surface area contributed by atoms with Crippen LogP contribution in [0.15, 0.2) is 42.5 Å². The Bertz CT molecular complexity index is 476. The molecule has 1 aromatic carbocycles. The van der Waals surface area contributed by atoms with Crippen LogP contribution in [0, 0.1) is 0 Å². The molecule has 0 aliphatic carbocycles. The van der Waals surface area contributed by atoms with Crippen LogP contribution in [0.1, 0.15) is 46.1 Å². The highest BCUT2D eigenvalue weighted by Crippen LogP contribution is 2.37. The molecule has 0 amide bonds. The van der Waals surface area contributed by atoms with Crippen molar-refractivity contribution in [3.63, 3.8) is 0 Å². The minimum absolute atomic E-state index is 0.200. The molecule has 3 heteroatoms. The fourth-order valence-electron chi connectivity index (χ4n) is 2.35. The van der Waals surface area contributed by atoms with Crippen LogP contribution >= 0.6 is 0 Å².